The fourth-order valence-corrected chi connectivity index (χ4v) is 1.62. The second-order valence-electron chi connectivity index (χ2n) is 4.47. The van der Waals surface area contributed by atoms with Crippen LogP contribution in [0.25, 0.3) is 0 Å². The number of carbonyl (C=O) groups excluding carboxylic acids is 1. The predicted molar refractivity (Wildman–Crippen MR) is 74.5 cm³/mol. The summed E-state index contributed by atoms with van der Waals surface area (Å²) in [5.74, 6) is -0.247. The fraction of sp³-hybridized carbons (Fsp3) is 0.462. The maximum absolute atomic E-state index is 11.8. The molecule has 104 valence electrons. The van der Waals surface area contributed by atoms with Gasteiger partial charge in [-0.1, -0.05) is 13.3 Å². The molecule has 1 aromatic rings. The molecule has 0 fully saturated rings. The molecule has 0 aliphatic rings. The maximum Gasteiger partial charge on any atom is 0.293 e. The minimum Gasteiger partial charge on any atom is -0.379 e. The molecule has 0 saturated carbocycles. The summed E-state index contributed by atoms with van der Waals surface area (Å²) in [7, 11) is 3.23. The number of carbonyl (C=O) groups is 1. The van der Waals surface area contributed by atoms with E-state index < -0.39 is 4.92 Å². The highest BCUT2D eigenvalue weighted by molar-refractivity contribution is 5.95. The molecule has 6 nitrogen and oxygen atoms in total. The molecule has 0 radical (unpaired) electrons. The molecular weight excluding hydrogens is 246 g/mol. The summed E-state index contributed by atoms with van der Waals surface area (Å²) in [5, 5.41) is 14.1. The lowest BCUT2D eigenvalue weighted by atomic mass is 10.1. The lowest BCUT2D eigenvalue weighted by Gasteiger charge is -2.11. The van der Waals surface area contributed by atoms with Crippen LogP contribution in [0.15, 0.2) is 18.2 Å². The molecule has 1 amide bonds. The highest BCUT2D eigenvalue weighted by Gasteiger charge is 2.18. The van der Waals surface area contributed by atoms with E-state index >= 15 is 0 Å². The summed E-state index contributed by atoms with van der Waals surface area (Å²) in [6.45, 7) is 2.73. The van der Waals surface area contributed by atoms with Crippen LogP contribution in [0.3, 0.4) is 0 Å². The third kappa shape index (κ3) is 3.94. The molecule has 6 heteroatoms. The number of rotatable bonds is 6. The molecule has 0 atom stereocenters. The Morgan fingerprint density at radius 2 is 2.11 bits per heavy atom. The molecule has 0 aliphatic heterocycles. The van der Waals surface area contributed by atoms with Gasteiger partial charge in [-0.05, 0) is 18.6 Å². The number of unbranched alkanes of at least 4 members (excludes halogenated alkanes) is 1. The van der Waals surface area contributed by atoms with E-state index in [1.165, 1.54) is 11.0 Å². The summed E-state index contributed by atoms with van der Waals surface area (Å²) < 4.78 is 0. The molecule has 19 heavy (non-hydrogen) atoms. The Balaban J connectivity index is 3.01. The number of hydrogen-bond acceptors (Lipinski definition) is 4. The van der Waals surface area contributed by atoms with Crippen molar-refractivity contribution in [2.45, 2.75) is 19.8 Å². The van der Waals surface area contributed by atoms with E-state index in [-0.39, 0.29) is 11.6 Å². The van der Waals surface area contributed by atoms with Crippen LogP contribution in [0.4, 0.5) is 11.4 Å². The van der Waals surface area contributed by atoms with E-state index in [1.54, 1.807) is 26.2 Å². The van der Waals surface area contributed by atoms with Crippen molar-refractivity contribution in [3.63, 3.8) is 0 Å². The van der Waals surface area contributed by atoms with Crippen molar-refractivity contribution in [2.24, 2.45) is 0 Å². The average Bonchev–Trinajstić information content (AvgIpc) is 2.38. The van der Waals surface area contributed by atoms with Crippen molar-refractivity contribution in [3.05, 3.63) is 33.9 Å². The van der Waals surface area contributed by atoms with Gasteiger partial charge in [0.1, 0.15) is 5.69 Å². The topological polar surface area (TPSA) is 75.5 Å². The first-order chi connectivity index (χ1) is 8.97. The number of nitrogens with zero attached hydrogens (tertiary/aromatic N) is 2. The number of hydrogen-bond donors (Lipinski definition) is 1. The van der Waals surface area contributed by atoms with Crippen LogP contribution in [0, 0.1) is 10.1 Å². The minimum atomic E-state index is -0.472. The number of anilines is 1. The summed E-state index contributed by atoms with van der Waals surface area (Å²) >= 11 is 0. The van der Waals surface area contributed by atoms with Gasteiger partial charge in [-0.3, -0.25) is 14.9 Å². The Bertz CT molecular complexity index is 472. The van der Waals surface area contributed by atoms with Crippen LogP contribution < -0.4 is 5.32 Å². The van der Waals surface area contributed by atoms with Crippen LogP contribution >= 0.6 is 0 Å². The predicted octanol–water partition coefficient (Wildman–Crippen LogP) is 2.51. The molecular formula is C13H19N3O3. The molecule has 0 bridgehead atoms. The SMILES string of the molecule is CCCCNc1ccc(C(=O)N(C)C)cc1[N+](=O)[O-]. The number of amides is 1. The van der Waals surface area contributed by atoms with Crippen molar-refractivity contribution in [1.29, 1.82) is 0 Å². The molecule has 1 aromatic carbocycles. The molecule has 0 aromatic heterocycles. The molecule has 0 spiro atoms. The van der Waals surface area contributed by atoms with Crippen LogP contribution in [-0.4, -0.2) is 36.4 Å². The van der Waals surface area contributed by atoms with E-state index in [4.69, 9.17) is 0 Å². The first-order valence-corrected chi connectivity index (χ1v) is 6.21. The first kappa shape index (κ1) is 14.9. The van der Waals surface area contributed by atoms with Gasteiger partial charge in [-0.2, -0.15) is 0 Å². The van der Waals surface area contributed by atoms with Gasteiger partial charge in [-0.15, -0.1) is 0 Å². The van der Waals surface area contributed by atoms with Gasteiger partial charge in [0.05, 0.1) is 4.92 Å². The van der Waals surface area contributed by atoms with E-state index in [1.807, 2.05) is 0 Å². The molecule has 0 saturated heterocycles. The maximum atomic E-state index is 11.8. The van der Waals surface area contributed by atoms with Gasteiger partial charge in [0, 0.05) is 32.3 Å². The van der Waals surface area contributed by atoms with Gasteiger partial charge in [-0.25, -0.2) is 0 Å². The summed E-state index contributed by atoms with van der Waals surface area (Å²) in [6, 6.07) is 4.50. The summed E-state index contributed by atoms with van der Waals surface area (Å²) in [6.07, 6.45) is 1.95. The fourth-order valence-electron chi connectivity index (χ4n) is 1.62. The molecule has 1 rings (SSSR count). The largest absolute Gasteiger partial charge is 0.379 e. The Labute approximate surface area is 112 Å². The van der Waals surface area contributed by atoms with Crippen LogP contribution in [0.5, 0.6) is 0 Å². The zero-order valence-corrected chi connectivity index (χ0v) is 11.5. The zero-order valence-electron chi connectivity index (χ0n) is 11.5. The Hall–Kier alpha value is -2.11. The van der Waals surface area contributed by atoms with Crippen molar-refractivity contribution >= 4 is 17.3 Å². The Morgan fingerprint density at radius 1 is 1.42 bits per heavy atom. The summed E-state index contributed by atoms with van der Waals surface area (Å²) in [4.78, 5) is 23.7. The number of nitro benzene ring substituents is 1. The highest BCUT2D eigenvalue weighted by Crippen LogP contribution is 2.26. The second kappa shape index (κ2) is 6.72. The van der Waals surface area contributed by atoms with Crippen LogP contribution in [0.1, 0.15) is 30.1 Å². The van der Waals surface area contributed by atoms with Crippen molar-refractivity contribution < 1.29 is 9.72 Å². The van der Waals surface area contributed by atoms with Gasteiger partial charge in [0.25, 0.3) is 11.6 Å². The third-order valence-electron chi connectivity index (χ3n) is 2.69. The normalized spacial score (nSPS) is 10.1. The molecule has 0 aliphatic carbocycles. The van der Waals surface area contributed by atoms with Gasteiger partial charge < -0.3 is 10.2 Å². The van der Waals surface area contributed by atoms with Crippen molar-refractivity contribution in [2.75, 3.05) is 26.0 Å². The number of nitrogens with one attached hydrogen (secondary N) is 1. The van der Waals surface area contributed by atoms with Crippen LogP contribution in [0.2, 0.25) is 0 Å². The quantitative estimate of drug-likeness (QED) is 0.487. The minimum absolute atomic E-state index is 0.0659. The molecule has 1 N–H and O–H groups in total. The van der Waals surface area contributed by atoms with Crippen molar-refractivity contribution in [1.82, 2.24) is 4.90 Å². The third-order valence-corrected chi connectivity index (χ3v) is 2.69. The molecule has 0 unspecified atom stereocenters. The summed E-state index contributed by atoms with van der Waals surface area (Å²) in [5.41, 5.74) is 0.704. The Morgan fingerprint density at radius 3 is 2.63 bits per heavy atom. The van der Waals surface area contributed by atoms with Crippen molar-refractivity contribution in [3.8, 4) is 0 Å². The van der Waals surface area contributed by atoms with Crippen LogP contribution in [-0.2, 0) is 0 Å². The molecule has 0 heterocycles. The van der Waals surface area contributed by atoms with E-state index in [2.05, 4.69) is 12.2 Å². The van der Waals surface area contributed by atoms with E-state index in [9.17, 15) is 14.9 Å². The monoisotopic (exact) mass is 265 g/mol. The standard InChI is InChI=1S/C13H19N3O3/c1-4-5-8-14-11-7-6-10(13(17)15(2)3)9-12(11)16(18)19/h6-7,9,14H,4-5,8H2,1-3H3. The van der Waals surface area contributed by atoms with E-state index in [0.717, 1.165) is 12.8 Å². The van der Waals surface area contributed by atoms with Gasteiger partial charge in [0.15, 0.2) is 0 Å². The van der Waals surface area contributed by atoms with E-state index in [0.29, 0.717) is 17.8 Å². The lowest BCUT2D eigenvalue weighted by Crippen LogP contribution is -2.21. The highest BCUT2D eigenvalue weighted by atomic mass is 16.6. The first-order valence-electron chi connectivity index (χ1n) is 6.21. The number of nitro groups is 1. The average molecular weight is 265 g/mol. The van der Waals surface area contributed by atoms with Gasteiger partial charge >= 0.3 is 0 Å². The zero-order chi connectivity index (χ0) is 14.4. The lowest BCUT2D eigenvalue weighted by molar-refractivity contribution is -0.384. The number of benzene rings is 1. The van der Waals surface area contributed by atoms with Gasteiger partial charge in [0.2, 0.25) is 0 Å². The smallest absolute Gasteiger partial charge is 0.293 e. The Kier molecular flexibility index (Phi) is 5.29. The second-order valence-corrected chi connectivity index (χ2v) is 4.47.